The largest absolute Gasteiger partial charge is 0.311 e. The Hall–Kier alpha value is -0.0800. The first kappa shape index (κ1) is 14.0. The number of unbranched alkanes of at least 4 members (excludes halogenated alkanes) is 4. The summed E-state index contributed by atoms with van der Waals surface area (Å²) in [4.78, 5) is 0. The zero-order chi connectivity index (χ0) is 11.6. The molecule has 0 amide bonds. The lowest BCUT2D eigenvalue weighted by Gasteiger charge is -2.34. The first-order chi connectivity index (χ1) is 7.88. The monoisotopic (exact) mass is 226 g/mol. The summed E-state index contributed by atoms with van der Waals surface area (Å²) in [7, 11) is 0. The summed E-state index contributed by atoms with van der Waals surface area (Å²) in [5.41, 5.74) is 0. The van der Waals surface area contributed by atoms with Crippen molar-refractivity contribution in [3.8, 4) is 0 Å². The Morgan fingerprint density at radius 3 is 1.56 bits per heavy atom. The molecule has 0 aromatic rings. The molecule has 1 fully saturated rings. The van der Waals surface area contributed by atoms with Gasteiger partial charge in [-0.25, -0.2) is 0 Å². The molecule has 0 aromatic carbocycles. The van der Waals surface area contributed by atoms with Crippen LogP contribution in [-0.2, 0) is 0 Å². The highest BCUT2D eigenvalue weighted by atomic mass is 15.1. The van der Waals surface area contributed by atoms with Crippen LogP contribution in [0.1, 0.15) is 65.2 Å². The van der Waals surface area contributed by atoms with Crippen LogP contribution < -0.4 is 10.6 Å². The predicted molar refractivity (Wildman–Crippen MR) is 71.9 cm³/mol. The van der Waals surface area contributed by atoms with Crippen LogP contribution >= 0.6 is 0 Å². The lowest BCUT2D eigenvalue weighted by Crippen LogP contribution is -2.55. The van der Waals surface area contributed by atoms with Crippen molar-refractivity contribution < 1.29 is 0 Å². The molecule has 1 aliphatic rings. The molecular weight excluding hydrogens is 196 g/mol. The Bertz CT molecular complexity index is 141. The van der Waals surface area contributed by atoms with Crippen LogP contribution in [0.2, 0.25) is 0 Å². The molecule has 0 radical (unpaired) electrons. The van der Waals surface area contributed by atoms with Gasteiger partial charge in [-0.1, -0.05) is 52.4 Å². The highest BCUT2D eigenvalue weighted by Gasteiger charge is 2.22. The van der Waals surface area contributed by atoms with E-state index in [1.807, 2.05) is 0 Å². The molecule has 16 heavy (non-hydrogen) atoms. The molecule has 1 rings (SSSR count). The topological polar surface area (TPSA) is 24.1 Å². The third-order valence-electron chi connectivity index (χ3n) is 3.66. The maximum absolute atomic E-state index is 3.69. The van der Waals surface area contributed by atoms with E-state index >= 15 is 0 Å². The van der Waals surface area contributed by atoms with Crippen LogP contribution in [0.3, 0.4) is 0 Å². The van der Waals surface area contributed by atoms with Gasteiger partial charge in [0.05, 0.1) is 0 Å². The maximum Gasteiger partial charge on any atom is 0.0221 e. The zero-order valence-electron chi connectivity index (χ0n) is 11.2. The van der Waals surface area contributed by atoms with Gasteiger partial charge in [-0.2, -0.15) is 0 Å². The first-order valence-corrected chi connectivity index (χ1v) is 7.35. The van der Waals surface area contributed by atoms with Gasteiger partial charge >= 0.3 is 0 Å². The second kappa shape index (κ2) is 9.00. The highest BCUT2D eigenvalue weighted by molar-refractivity contribution is 4.86. The Labute approximate surface area is 102 Å². The van der Waals surface area contributed by atoms with Crippen LogP contribution in [-0.4, -0.2) is 25.2 Å². The minimum Gasteiger partial charge on any atom is -0.311 e. The van der Waals surface area contributed by atoms with Gasteiger partial charge in [-0.3, -0.25) is 0 Å². The van der Waals surface area contributed by atoms with Crippen LogP contribution in [0.4, 0.5) is 0 Å². The lowest BCUT2D eigenvalue weighted by atomic mass is 9.94. The molecule has 2 N–H and O–H groups in total. The van der Waals surface area contributed by atoms with Gasteiger partial charge in [-0.15, -0.1) is 0 Å². The minimum atomic E-state index is 0.733. The van der Waals surface area contributed by atoms with Crippen LogP contribution in [0.25, 0.3) is 0 Å². The number of nitrogens with one attached hydrogen (secondary N) is 2. The molecule has 2 heteroatoms. The summed E-state index contributed by atoms with van der Waals surface area (Å²) in [6, 6.07) is 1.47. The molecular formula is C14H30N2. The fourth-order valence-corrected chi connectivity index (χ4v) is 2.63. The predicted octanol–water partition coefficient (Wildman–Crippen LogP) is 3.08. The Morgan fingerprint density at radius 1 is 0.750 bits per heavy atom. The van der Waals surface area contributed by atoms with Crippen molar-refractivity contribution in [3.05, 3.63) is 0 Å². The second-order valence-electron chi connectivity index (χ2n) is 5.11. The SMILES string of the molecule is CCCCCC1NCCNC1CCCCC. The lowest BCUT2D eigenvalue weighted by molar-refractivity contribution is 0.283. The van der Waals surface area contributed by atoms with E-state index in [0.29, 0.717) is 0 Å². The van der Waals surface area contributed by atoms with Crippen LogP contribution in [0, 0.1) is 0 Å². The van der Waals surface area contributed by atoms with E-state index in [0.717, 1.165) is 25.2 Å². The molecule has 0 spiro atoms. The molecule has 0 bridgehead atoms. The van der Waals surface area contributed by atoms with E-state index in [1.54, 1.807) is 0 Å². The van der Waals surface area contributed by atoms with E-state index in [9.17, 15) is 0 Å². The van der Waals surface area contributed by atoms with Gasteiger partial charge in [0, 0.05) is 25.2 Å². The van der Waals surface area contributed by atoms with E-state index in [1.165, 1.54) is 51.4 Å². The van der Waals surface area contributed by atoms with Crippen molar-refractivity contribution >= 4 is 0 Å². The molecule has 2 nitrogen and oxygen atoms in total. The summed E-state index contributed by atoms with van der Waals surface area (Å²) in [5, 5.41) is 7.38. The Morgan fingerprint density at radius 2 is 1.19 bits per heavy atom. The van der Waals surface area contributed by atoms with Crippen molar-refractivity contribution in [1.82, 2.24) is 10.6 Å². The van der Waals surface area contributed by atoms with Crippen molar-refractivity contribution in [2.24, 2.45) is 0 Å². The molecule has 96 valence electrons. The number of hydrogen-bond donors (Lipinski definition) is 2. The first-order valence-electron chi connectivity index (χ1n) is 7.35. The molecule has 0 aliphatic carbocycles. The average Bonchev–Trinajstić information content (AvgIpc) is 2.32. The Kier molecular flexibility index (Phi) is 7.87. The molecule has 0 aromatic heterocycles. The van der Waals surface area contributed by atoms with Crippen molar-refractivity contribution in [1.29, 1.82) is 0 Å². The minimum absolute atomic E-state index is 0.733. The van der Waals surface area contributed by atoms with E-state index in [2.05, 4.69) is 24.5 Å². The standard InChI is InChI=1S/C14H30N2/c1-3-5-7-9-13-14(10-8-6-4-2)16-12-11-15-13/h13-16H,3-12H2,1-2H3. The Balaban J connectivity index is 2.20. The van der Waals surface area contributed by atoms with Gasteiger partial charge in [0.15, 0.2) is 0 Å². The van der Waals surface area contributed by atoms with Gasteiger partial charge in [0.1, 0.15) is 0 Å². The van der Waals surface area contributed by atoms with Gasteiger partial charge in [-0.05, 0) is 12.8 Å². The quantitative estimate of drug-likeness (QED) is 0.622. The third kappa shape index (κ3) is 5.31. The number of rotatable bonds is 8. The normalized spacial score (nSPS) is 25.9. The third-order valence-corrected chi connectivity index (χ3v) is 3.66. The van der Waals surface area contributed by atoms with E-state index < -0.39 is 0 Å². The molecule has 2 atom stereocenters. The van der Waals surface area contributed by atoms with Gasteiger partial charge in [0.2, 0.25) is 0 Å². The maximum atomic E-state index is 3.69. The zero-order valence-corrected chi connectivity index (χ0v) is 11.2. The molecule has 1 heterocycles. The summed E-state index contributed by atoms with van der Waals surface area (Å²) in [6.45, 7) is 6.87. The van der Waals surface area contributed by atoms with Crippen LogP contribution in [0.15, 0.2) is 0 Å². The summed E-state index contributed by atoms with van der Waals surface area (Å²) in [5.74, 6) is 0. The fourth-order valence-electron chi connectivity index (χ4n) is 2.63. The molecule has 1 aliphatic heterocycles. The van der Waals surface area contributed by atoms with Crippen molar-refractivity contribution in [2.75, 3.05) is 13.1 Å². The average molecular weight is 226 g/mol. The molecule has 1 saturated heterocycles. The van der Waals surface area contributed by atoms with Gasteiger partial charge < -0.3 is 10.6 Å². The summed E-state index contributed by atoms with van der Waals surface area (Å²) < 4.78 is 0. The molecule has 2 unspecified atom stereocenters. The molecule has 0 saturated carbocycles. The van der Waals surface area contributed by atoms with Crippen molar-refractivity contribution in [2.45, 2.75) is 77.3 Å². The van der Waals surface area contributed by atoms with E-state index in [4.69, 9.17) is 0 Å². The number of hydrogen-bond acceptors (Lipinski definition) is 2. The smallest absolute Gasteiger partial charge is 0.0221 e. The second-order valence-corrected chi connectivity index (χ2v) is 5.11. The van der Waals surface area contributed by atoms with E-state index in [-0.39, 0.29) is 0 Å². The summed E-state index contributed by atoms with van der Waals surface area (Å²) in [6.07, 6.45) is 10.9. The van der Waals surface area contributed by atoms with Crippen LogP contribution in [0.5, 0.6) is 0 Å². The summed E-state index contributed by atoms with van der Waals surface area (Å²) >= 11 is 0. The highest BCUT2D eigenvalue weighted by Crippen LogP contribution is 2.14. The van der Waals surface area contributed by atoms with Crippen molar-refractivity contribution in [3.63, 3.8) is 0 Å². The van der Waals surface area contributed by atoms with Gasteiger partial charge in [0.25, 0.3) is 0 Å². The fraction of sp³-hybridized carbons (Fsp3) is 1.00. The number of piperazine rings is 1.